The molecule has 4 nitrogen and oxygen atoms in total. The number of hydrogen-bond acceptors (Lipinski definition) is 3. The number of hydrogen-bond donors (Lipinski definition) is 2. The van der Waals surface area contributed by atoms with Crippen molar-refractivity contribution >= 4 is 11.6 Å². The van der Waals surface area contributed by atoms with E-state index in [1.54, 1.807) is 12.4 Å². The molecular weight excluding hydrogens is 276 g/mol. The van der Waals surface area contributed by atoms with Crippen molar-refractivity contribution in [3.8, 4) is 0 Å². The number of halogens is 2. The van der Waals surface area contributed by atoms with Gasteiger partial charge in [-0.1, -0.05) is 0 Å². The molecule has 0 aliphatic rings. The van der Waals surface area contributed by atoms with E-state index >= 15 is 0 Å². The van der Waals surface area contributed by atoms with E-state index in [4.69, 9.17) is 0 Å². The summed E-state index contributed by atoms with van der Waals surface area (Å²) in [4.78, 5) is 15.5. The van der Waals surface area contributed by atoms with Crippen LogP contribution in [0.3, 0.4) is 0 Å². The molecule has 0 atom stereocenters. The lowest BCUT2D eigenvalue weighted by Crippen LogP contribution is -2.25. The SMILES string of the molecule is O=C(CCNc1ccc(F)cc1F)NCc1ccncc1. The third kappa shape index (κ3) is 4.83. The van der Waals surface area contributed by atoms with Gasteiger partial charge in [-0.05, 0) is 29.8 Å². The van der Waals surface area contributed by atoms with E-state index in [-0.39, 0.29) is 24.6 Å². The molecule has 0 bridgehead atoms. The summed E-state index contributed by atoms with van der Waals surface area (Å²) in [6.45, 7) is 0.691. The van der Waals surface area contributed by atoms with Crippen LogP contribution in [0.5, 0.6) is 0 Å². The molecular formula is C15H15F2N3O. The molecule has 2 N–H and O–H groups in total. The first kappa shape index (κ1) is 14.9. The molecule has 0 saturated heterocycles. The van der Waals surface area contributed by atoms with Gasteiger partial charge < -0.3 is 10.6 Å². The van der Waals surface area contributed by atoms with Crippen molar-refractivity contribution < 1.29 is 13.6 Å². The fraction of sp³-hybridized carbons (Fsp3) is 0.200. The Labute approximate surface area is 121 Å². The van der Waals surface area contributed by atoms with E-state index in [0.29, 0.717) is 6.54 Å². The van der Waals surface area contributed by atoms with Crippen LogP contribution in [0.25, 0.3) is 0 Å². The van der Waals surface area contributed by atoms with Crippen LogP contribution in [0.4, 0.5) is 14.5 Å². The van der Waals surface area contributed by atoms with Crippen molar-refractivity contribution in [2.45, 2.75) is 13.0 Å². The Kier molecular flexibility index (Phi) is 5.20. The Balaban J connectivity index is 1.72. The quantitative estimate of drug-likeness (QED) is 0.859. The van der Waals surface area contributed by atoms with Gasteiger partial charge in [-0.15, -0.1) is 0 Å². The molecule has 1 aromatic heterocycles. The third-order valence-electron chi connectivity index (χ3n) is 2.84. The molecule has 0 radical (unpaired) electrons. The molecule has 1 aromatic carbocycles. The van der Waals surface area contributed by atoms with Crippen LogP contribution in [-0.2, 0) is 11.3 Å². The number of carbonyl (C=O) groups is 1. The van der Waals surface area contributed by atoms with E-state index in [0.717, 1.165) is 17.7 Å². The first-order valence-corrected chi connectivity index (χ1v) is 6.49. The topological polar surface area (TPSA) is 54.0 Å². The summed E-state index contributed by atoms with van der Waals surface area (Å²) >= 11 is 0. The Morgan fingerprint density at radius 2 is 1.90 bits per heavy atom. The van der Waals surface area contributed by atoms with Gasteiger partial charge in [-0.2, -0.15) is 0 Å². The predicted octanol–water partition coefficient (Wildman–Crippen LogP) is 2.48. The Hall–Kier alpha value is -2.50. The minimum atomic E-state index is -0.674. The highest BCUT2D eigenvalue weighted by Crippen LogP contribution is 2.14. The van der Waals surface area contributed by atoms with Gasteiger partial charge in [0.1, 0.15) is 11.6 Å². The first-order chi connectivity index (χ1) is 10.1. The van der Waals surface area contributed by atoms with Crippen LogP contribution in [0.1, 0.15) is 12.0 Å². The number of benzene rings is 1. The lowest BCUT2D eigenvalue weighted by atomic mass is 10.2. The van der Waals surface area contributed by atoms with E-state index in [2.05, 4.69) is 15.6 Å². The van der Waals surface area contributed by atoms with Crippen molar-refractivity contribution in [2.75, 3.05) is 11.9 Å². The Morgan fingerprint density at radius 1 is 1.14 bits per heavy atom. The molecule has 110 valence electrons. The van der Waals surface area contributed by atoms with Gasteiger partial charge in [0.15, 0.2) is 0 Å². The van der Waals surface area contributed by atoms with Gasteiger partial charge in [0.05, 0.1) is 5.69 Å². The average molecular weight is 291 g/mol. The molecule has 2 rings (SSSR count). The number of nitrogens with one attached hydrogen (secondary N) is 2. The van der Waals surface area contributed by atoms with Gasteiger partial charge in [0.2, 0.25) is 5.91 Å². The first-order valence-electron chi connectivity index (χ1n) is 6.49. The zero-order chi connectivity index (χ0) is 15.1. The van der Waals surface area contributed by atoms with Crippen molar-refractivity contribution in [3.63, 3.8) is 0 Å². The van der Waals surface area contributed by atoms with E-state index in [9.17, 15) is 13.6 Å². The number of pyridine rings is 1. The number of amides is 1. The predicted molar refractivity (Wildman–Crippen MR) is 75.5 cm³/mol. The zero-order valence-corrected chi connectivity index (χ0v) is 11.3. The fourth-order valence-electron chi connectivity index (χ4n) is 1.73. The molecule has 1 amide bonds. The van der Waals surface area contributed by atoms with Crippen molar-refractivity contribution in [1.82, 2.24) is 10.3 Å². The van der Waals surface area contributed by atoms with Crippen LogP contribution in [-0.4, -0.2) is 17.4 Å². The summed E-state index contributed by atoms with van der Waals surface area (Å²) in [5, 5.41) is 5.51. The van der Waals surface area contributed by atoms with Crippen LogP contribution in [0, 0.1) is 11.6 Å². The highest BCUT2D eigenvalue weighted by molar-refractivity contribution is 5.76. The van der Waals surface area contributed by atoms with Crippen molar-refractivity contribution in [3.05, 3.63) is 59.9 Å². The van der Waals surface area contributed by atoms with E-state index < -0.39 is 11.6 Å². The largest absolute Gasteiger partial charge is 0.382 e. The highest BCUT2D eigenvalue weighted by Gasteiger charge is 2.05. The second-order valence-corrected chi connectivity index (χ2v) is 4.43. The van der Waals surface area contributed by atoms with Gasteiger partial charge in [-0.25, -0.2) is 8.78 Å². The molecule has 0 fully saturated rings. The smallest absolute Gasteiger partial charge is 0.222 e. The zero-order valence-electron chi connectivity index (χ0n) is 11.3. The van der Waals surface area contributed by atoms with Crippen LogP contribution >= 0.6 is 0 Å². The molecule has 2 aromatic rings. The second kappa shape index (κ2) is 7.33. The molecule has 1 heterocycles. The minimum absolute atomic E-state index is 0.151. The minimum Gasteiger partial charge on any atom is -0.382 e. The summed E-state index contributed by atoms with van der Waals surface area (Å²) in [7, 11) is 0. The van der Waals surface area contributed by atoms with Crippen LogP contribution in [0.2, 0.25) is 0 Å². The van der Waals surface area contributed by atoms with E-state index in [1.165, 1.54) is 6.07 Å². The number of aromatic nitrogens is 1. The van der Waals surface area contributed by atoms with Gasteiger partial charge in [0, 0.05) is 38.0 Å². The lowest BCUT2D eigenvalue weighted by Gasteiger charge is -2.08. The summed E-state index contributed by atoms with van der Waals surface area (Å²) in [5.41, 5.74) is 1.13. The maximum absolute atomic E-state index is 13.3. The Morgan fingerprint density at radius 3 is 2.62 bits per heavy atom. The summed E-state index contributed by atoms with van der Waals surface area (Å²) in [6, 6.07) is 6.89. The standard InChI is InChI=1S/C15H15F2N3O/c16-12-1-2-14(13(17)9-12)19-8-5-15(21)20-10-11-3-6-18-7-4-11/h1-4,6-7,9,19H,5,8,10H2,(H,20,21). The summed E-state index contributed by atoms with van der Waals surface area (Å²) in [6.07, 6.45) is 3.50. The molecule has 0 aliphatic heterocycles. The summed E-state index contributed by atoms with van der Waals surface area (Å²) < 4.78 is 26.1. The molecule has 0 saturated carbocycles. The molecule has 21 heavy (non-hydrogen) atoms. The number of carbonyl (C=O) groups excluding carboxylic acids is 1. The Bertz CT molecular complexity index is 605. The lowest BCUT2D eigenvalue weighted by molar-refractivity contribution is -0.121. The van der Waals surface area contributed by atoms with Crippen LogP contribution in [0.15, 0.2) is 42.7 Å². The van der Waals surface area contributed by atoms with Crippen LogP contribution < -0.4 is 10.6 Å². The number of nitrogens with zero attached hydrogens (tertiary/aromatic N) is 1. The van der Waals surface area contributed by atoms with E-state index in [1.807, 2.05) is 12.1 Å². The molecule has 0 aliphatic carbocycles. The van der Waals surface area contributed by atoms with Gasteiger partial charge in [0.25, 0.3) is 0 Å². The fourth-order valence-corrected chi connectivity index (χ4v) is 1.73. The number of anilines is 1. The van der Waals surface area contributed by atoms with Crippen molar-refractivity contribution in [1.29, 1.82) is 0 Å². The highest BCUT2D eigenvalue weighted by atomic mass is 19.1. The summed E-state index contributed by atoms with van der Waals surface area (Å²) in [5.74, 6) is -1.46. The normalized spacial score (nSPS) is 10.2. The third-order valence-corrected chi connectivity index (χ3v) is 2.84. The molecule has 0 spiro atoms. The monoisotopic (exact) mass is 291 g/mol. The van der Waals surface area contributed by atoms with Crippen molar-refractivity contribution in [2.24, 2.45) is 0 Å². The van der Waals surface area contributed by atoms with Gasteiger partial charge >= 0.3 is 0 Å². The molecule has 0 unspecified atom stereocenters. The maximum atomic E-state index is 13.3. The maximum Gasteiger partial charge on any atom is 0.222 e. The average Bonchev–Trinajstić information content (AvgIpc) is 2.48. The second-order valence-electron chi connectivity index (χ2n) is 4.43. The van der Waals surface area contributed by atoms with Gasteiger partial charge in [-0.3, -0.25) is 9.78 Å². The number of rotatable bonds is 6. The molecule has 6 heteroatoms.